The van der Waals surface area contributed by atoms with E-state index in [1.165, 1.54) is 0 Å². The monoisotopic (exact) mass is 344 g/mol. The number of hydrogen-bond acceptors (Lipinski definition) is 5. The van der Waals surface area contributed by atoms with Crippen molar-refractivity contribution in [3.63, 3.8) is 0 Å². The Balaban J connectivity index is 1.90. The molecule has 22 heavy (non-hydrogen) atoms. The van der Waals surface area contributed by atoms with Crippen molar-refractivity contribution in [3.05, 3.63) is 16.1 Å². The van der Waals surface area contributed by atoms with Gasteiger partial charge in [0.15, 0.2) is 9.84 Å². The maximum absolute atomic E-state index is 12.1. The van der Waals surface area contributed by atoms with E-state index in [0.717, 1.165) is 10.7 Å². The highest BCUT2D eigenvalue weighted by Gasteiger charge is 2.30. The summed E-state index contributed by atoms with van der Waals surface area (Å²) in [5.74, 6) is 0.211. The first-order valence-electron chi connectivity index (χ1n) is 7.52. The third-order valence-electron chi connectivity index (χ3n) is 3.84. The smallest absolute Gasteiger partial charge is 0.220 e. The van der Waals surface area contributed by atoms with E-state index in [9.17, 15) is 13.2 Å². The molecule has 2 atom stereocenters. The van der Waals surface area contributed by atoms with Crippen LogP contribution in [0.15, 0.2) is 5.38 Å². The van der Waals surface area contributed by atoms with Gasteiger partial charge in [0.25, 0.3) is 0 Å². The maximum Gasteiger partial charge on any atom is 0.220 e. The number of thiazole rings is 1. The summed E-state index contributed by atoms with van der Waals surface area (Å²) in [7, 11) is -2.93. The molecular weight excluding hydrogens is 320 g/mol. The summed E-state index contributed by atoms with van der Waals surface area (Å²) in [6, 6.07) is -0.147. The van der Waals surface area contributed by atoms with Crippen LogP contribution in [0.3, 0.4) is 0 Å². The first-order valence-corrected chi connectivity index (χ1v) is 10.2. The number of sulfone groups is 1. The molecule has 0 saturated carbocycles. The van der Waals surface area contributed by atoms with Crippen molar-refractivity contribution in [3.8, 4) is 0 Å². The molecule has 1 aromatic rings. The Hall–Kier alpha value is -0.950. The summed E-state index contributed by atoms with van der Waals surface area (Å²) in [5, 5.41) is 5.85. The molecule has 1 aromatic heterocycles. The van der Waals surface area contributed by atoms with Crippen LogP contribution in [0.2, 0.25) is 0 Å². The minimum absolute atomic E-state index is 0.00329. The molecule has 0 radical (unpaired) electrons. The predicted octanol–water partition coefficient (Wildman–Crippen LogP) is 2.44. The normalized spacial score (nSPS) is 22.5. The molecule has 5 nitrogen and oxygen atoms in total. The Labute approximate surface area is 136 Å². The second-order valence-corrected chi connectivity index (χ2v) is 10.2. The van der Waals surface area contributed by atoms with Crippen LogP contribution in [0.4, 0.5) is 0 Å². The Bertz CT molecular complexity index is 644. The fraction of sp³-hybridized carbons (Fsp3) is 0.733. The van der Waals surface area contributed by atoms with Gasteiger partial charge in [0.05, 0.1) is 23.2 Å². The number of aromatic nitrogens is 1. The minimum Gasteiger partial charge on any atom is -0.347 e. The predicted molar refractivity (Wildman–Crippen MR) is 88.7 cm³/mol. The van der Waals surface area contributed by atoms with Crippen LogP contribution in [0, 0.1) is 5.92 Å². The van der Waals surface area contributed by atoms with Crippen LogP contribution < -0.4 is 5.32 Å². The molecule has 2 rings (SSSR count). The average molecular weight is 345 g/mol. The third kappa shape index (κ3) is 4.52. The molecule has 0 aliphatic carbocycles. The van der Waals surface area contributed by atoms with Gasteiger partial charge in [-0.1, -0.05) is 20.8 Å². The van der Waals surface area contributed by atoms with Crippen molar-refractivity contribution in [2.24, 2.45) is 5.92 Å². The lowest BCUT2D eigenvalue weighted by molar-refractivity contribution is -0.122. The van der Waals surface area contributed by atoms with Gasteiger partial charge >= 0.3 is 0 Å². The topological polar surface area (TPSA) is 76.1 Å². The van der Waals surface area contributed by atoms with Crippen molar-refractivity contribution in [1.82, 2.24) is 10.3 Å². The zero-order valence-corrected chi connectivity index (χ0v) is 15.2. The molecule has 1 N–H and O–H groups in total. The second-order valence-electron chi connectivity index (χ2n) is 7.08. The highest BCUT2D eigenvalue weighted by atomic mass is 32.2. The van der Waals surface area contributed by atoms with E-state index in [4.69, 9.17) is 0 Å². The number of hydrogen-bond donors (Lipinski definition) is 1. The van der Waals surface area contributed by atoms with Crippen LogP contribution in [0.1, 0.15) is 57.3 Å². The van der Waals surface area contributed by atoms with E-state index in [1.807, 2.05) is 12.3 Å². The zero-order chi connectivity index (χ0) is 16.5. The summed E-state index contributed by atoms with van der Waals surface area (Å²) >= 11 is 1.55. The summed E-state index contributed by atoms with van der Waals surface area (Å²) in [6.45, 7) is 8.23. The summed E-state index contributed by atoms with van der Waals surface area (Å²) in [4.78, 5) is 16.7. The van der Waals surface area contributed by atoms with Crippen molar-refractivity contribution in [2.75, 3.05) is 11.5 Å². The average Bonchev–Trinajstić information content (AvgIpc) is 2.95. The third-order valence-corrected chi connectivity index (χ3v) is 6.70. The molecule has 1 fully saturated rings. The zero-order valence-electron chi connectivity index (χ0n) is 13.5. The number of carbonyl (C=O) groups is 1. The fourth-order valence-corrected chi connectivity index (χ4v) is 5.40. The second kappa shape index (κ2) is 6.28. The minimum atomic E-state index is -2.93. The summed E-state index contributed by atoms with van der Waals surface area (Å²) < 4.78 is 22.8. The lowest BCUT2D eigenvalue weighted by Gasteiger charge is -2.16. The number of amides is 1. The fourth-order valence-electron chi connectivity index (χ4n) is 2.49. The molecule has 0 unspecified atom stereocenters. The molecule has 1 saturated heterocycles. The van der Waals surface area contributed by atoms with Gasteiger partial charge in [0.2, 0.25) is 5.91 Å². The van der Waals surface area contributed by atoms with E-state index in [1.54, 1.807) is 11.3 Å². The van der Waals surface area contributed by atoms with Crippen molar-refractivity contribution in [2.45, 2.75) is 52.0 Å². The Morgan fingerprint density at radius 3 is 2.68 bits per heavy atom. The van der Waals surface area contributed by atoms with E-state index >= 15 is 0 Å². The van der Waals surface area contributed by atoms with Gasteiger partial charge in [0.1, 0.15) is 5.01 Å². The van der Waals surface area contributed by atoms with E-state index in [0.29, 0.717) is 6.42 Å². The summed E-state index contributed by atoms with van der Waals surface area (Å²) in [5.41, 5.74) is 1.02. The Kier molecular flexibility index (Phi) is 4.96. The lowest BCUT2D eigenvalue weighted by atomic mass is 9.93. The molecule has 1 aliphatic rings. The van der Waals surface area contributed by atoms with E-state index in [-0.39, 0.29) is 41.2 Å². The first-order chi connectivity index (χ1) is 10.1. The van der Waals surface area contributed by atoms with Gasteiger partial charge in [-0.05, 0) is 19.3 Å². The first kappa shape index (κ1) is 17.4. The largest absolute Gasteiger partial charge is 0.347 e. The Morgan fingerprint density at radius 2 is 2.18 bits per heavy atom. The highest BCUT2D eigenvalue weighted by molar-refractivity contribution is 7.91. The van der Waals surface area contributed by atoms with Crippen LogP contribution >= 0.6 is 11.3 Å². The van der Waals surface area contributed by atoms with Gasteiger partial charge in [-0.2, -0.15) is 0 Å². The molecule has 1 amide bonds. The molecule has 0 spiro atoms. The molecule has 2 heterocycles. The lowest BCUT2D eigenvalue weighted by Crippen LogP contribution is -2.28. The van der Waals surface area contributed by atoms with E-state index in [2.05, 4.69) is 31.1 Å². The van der Waals surface area contributed by atoms with Gasteiger partial charge in [0, 0.05) is 17.2 Å². The number of nitrogens with zero attached hydrogens (tertiary/aromatic N) is 1. The molecule has 124 valence electrons. The molecule has 0 aromatic carbocycles. The Morgan fingerprint density at radius 1 is 1.50 bits per heavy atom. The number of nitrogens with one attached hydrogen (secondary N) is 1. The number of rotatable bonds is 4. The molecule has 7 heteroatoms. The van der Waals surface area contributed by atoms with Gasteiger partial charge < -0.3 is 5.32 Å². The van der Waals surface area contributed by atoms with Crippen LogP contribution in [0.5, 0.6) is 0 Å². The summed E-state index contributed by atoms with van der Waals surface area (Å²) in [6.07, 6.45) is 0.872. The molecular formula is C15H24N2O3S2. The number of carbonyl (C=O) groups excluding carboxylic acids is 1. The molecule has 0 bridgehead atoms. The van der Waals surface area contributed by atoms with Gasteiger partial charge in [-0.25, -0.2) is 13.4 Å². The van der Waals surface area contributed by atoms with Crippen molar-refractivity contribution >= 4 is 27.1 Å². The van der Waals surface area contributed by atoms with E-state index < -0.39 is 9.84 Å². The standard InChI is InChI=1S/C15H24N2O3S2/c1-10(14-17-12(8-21-14)15(2,3)4)16-13(18)7-11-5-6-22(19,20)9-11/h8,10-11H,5-7,9H2,1-4H3,(H,16,18)/t10-,11-/m1/s1. The SMILES string of the molecule is C[C@@H](NC(=O)C[C@H]1CCS(=O)(=O)C1)c1nc(C(C)(C)C)cs1. The van der Waals surface area contributed by atoms with Gasteiger partial charge in [-0.15, -0.1) is 11.3 Å². The highest BCUT2D eigenvalue weighted by Crippen LogP contribution is 2.27. The van der Waals surface area contributed by atoms with Crippen LogP contribution in [0.25, 0.3) is 0 Å². The molecule has 1 aliphatic heterocycles. The maximum atomic E-state index is 12.1. The van der Waals surface area contributed by atoms with Crippen LogP contribution in [-0.4, -0.2) is 30.8 Å². The van der Waals surface area contributed by atoms with Gasteiger partial charge in [-0.3, -0.25) is 4.79 Å². The van der Waals surface area contributed by atoms with Crippen molar-refractivity contribution < 1.29 is 13.2 Å². The quantitative estimate of drug-likeness (QED) is 0.910. The van der Waals surface area contributed by atoms with Crippen molar-refractivity contribution in [1.29, 1.82) is 0 Å². The van der Waals surface area contributed by atoms with Crippen LogP contribution in [-0.2, 0) is 20.0 Å².